The predicted octanol–water partition coefficient (Wildman–Crippen LogP) is 2.99. The van der Waals surface area contributed by atoms with Gasteiger partial charge in [0.25, 0.3) is 0 Å². The summed E-state index contributed by atoms with van der Waals surface area (Å²) in [6.45, 7) is 0.975. The molecule has 0 atom stereocenters. The van der Waals surface area contributed by atoms with E-state index >= 15 is 0 Å². The Balaban J connectivity index is 4.92. The van der Waals surface area contributed by atoms with Crippen molar-refractivity contribution in [1.82, 2.24) is 0 Å². The van der Waals surface area contributed by atoms with Gasteiger partial charge in [-0.3, -0.25) is 0 Å². The summed E-state index contributed by atoms with van der Waals surface area (Å²) in [6.07, 6.45) is -12.6. The SMILES string of the molecule is CCOC(=O)/C(=C/C(F)(F)F)CC(F)(F)F. The van der Waals surface area contributed by atoms with Gasteiger partial charge in [-0.1, -0.05) is 0 Å². The van der Waals surface area contributed by atoms with Crippen molar-refractivity contribution < 1.29 is 35.9 Å². The quantitative estimate of drug-likeness (QED) is 0.437. The highest BCUT2D eigenvalue weighted by Crippen LogP contribution is 2.28. The van der Waals surface area contributed by atoms with E-state index in [1.165, 1.54) is 6.92 Å². The molecule has 94 valence electrons. The molecular formula is C8H8F6O2. The second-order valence-corrected chi connectivity index (χ2v) is 2.72. The Labute approximate surface area is 86.9 Å². The molecule has 0 saturated carbocycles. The van der Waals surface area contributed by atoms with Crippen molar-refractivity contribution >= 4 is 5.97 Å². The summed E-state index contributed by atoms with van der Waals surface area (Å²) in [5.74, 6) is -1.61. The van der Waals surface area contributed by atoms with Crippen LogP contribution in [0.15, 0.2) is 11.6 Å². The molecule has 0 spiro atoms. The fraction of sp³-hybridized carbons (Fsp3) is 0.625. The number of hydrogen-bond donors (Lipinski definition) is 0. The van der Waals surface area contributed by atoms with Crippen LogP contribution in [0, 0.1) is 0 Å². The van der Waals surface area contributed by atoms with E-state index in [-0.39, 0.29) is 6.61 Å². The Kier molecular flexibility index (Phi) is 4.82. The van der Waals surface area contributed by atoms with Crippen LogP contribution < -0.4 is 0 Å². The maximum Gasteiger partial charge on any atom is 0.410 e. The minimum Gasteiger partial charge on any atom is -0.463 e. The van der Waals surface area contributed by atoms with Crippen LogP contribution >= 0.6 is 0 Å². The zero-order valence-electron chi connectivity index (χ0n) is 8.08. The van der Waals surface area contributed by atoms with Crippen molar-refractivity contribution in [2.75, 3.05) is 6.61 Å². The van der Waals surface area contributed by atoms with Crippen LogP contribution in [0.3, 0.4) is 0 Å². The van der Waals surface area contributed by atoms with Crippen molar-refractivity contribution in [2.24, 2.45) is 0 Å². The fourth-order valence-electron chi connectivity index (χ4n) is 0.819. The van der Waals surface area contributed by atoms with Gasteiger partial charge in [0.05, 0.1) is 18.6 Å². The molecular weight excluding hydrogens is 242 g/mol. The Morgan fingerprint density at radius 1 is 1.19 bits per heavy atom. The molecule has 0 heterocycles. The van der Waals surface area contributed by atoms with Gasteiger partial charge in [-0.25, -0.2) is 4.79 Å². The lowest BCUT2D eigenvalue weighted by Gasteiger charge is -2.10. The minimum absolute atomic E-state index is 0.300. The number of halogens is 6. The van der Waals surface area contributed by atoms with Crippen LogP contribution in [0.2, 0.25) is 0 Å². The summed E-state index contributed by atoms with van der Waals surface area (Å²) in [5.41, 5.74) is -1.46. The highest BCUT2D eigenvalue weighted by Gasteiger charge is 2.35. The number of ether oxygens (including phenoxy) is 1. The van der Waals surface area contributed by atoms with Gasteiger partial charge in [-0.05, 0) is 6.92 Å². The van der Waals surface area contributed by atoms with Crippen LogP contribution in [-0.4, -0.2) is 24.9 Å². The first-order valence-corrected chi connectivity index (χ1v) is 4.07. The molecule has 8 heteroatoms. The molecule has 0 unspecified atom stereocenters. The van der Waals surface area contributed by atoms with E-state index in [1.54, 1.807) is 0 Å². The van der Waals surface area contributed by atoms with Gasteiger partial charge in [-0.15, -0.1) is 0 Å². The third-order valence-electron chi connectivity index (χ3n) is 1.27. The van der Waals surface area contributed by atoms with Crippen molar-refractivity contribution in [2.45, 2.75) is 25.7 Å². The summed E-state index contributed by atoms with van der Waals surface area (Å²) in [6, 6.07) is 0. The molecule has 0 aromatic heterocycles. The summed E-state index contributed by atoms with van der Waals surface area (Å²) < 4.78 is 75.2. The standard InChI is InChI=1S/C8H8F6O2/c1-2-16-6(15)5(3-7(9,10)11)4-8(12,13)14/h3H,2,4H2,1H3/b5-3+. The number of rotatable bonds is 3. The molecule has 0 rings (SSSR count). The molecule has 16 heavy (non-hydrogen) atoms. The van der Waals surface area contributed by atoms with Crippen LogP contribution in [0.4, 0.5) is 26.3 Å². The second-order valence-electron chi connectivity index (χ2n) is 2.72. The lowest BCUT2D eigenvalue weighted by atomic mass is 10.1. The average Bonchev–Trinajstić information content (AvgIpc) is 1.97. The lowest BCUT2D eigenvalue weighted by molar-refractivity contribution is -0.148. The van der Waals surface area contributed by atoms with Gasteiger partial charge in [0.2, 0.25) is 0 Å². The normalized spacial score (nSPS) is 13.8. The van der Waals surface area contributed by atoms with Crippen molar-refractivity contribution in [3.63, 3.8) is 0 Å². The van der Waals surface area contributed by atoms with Crippen molar-refractivity contribution in [3.8, 4) is 0 Å². The van der Waals surface area contributed by atoms with E-state index in [0.29, 0.717) is 0 Å². The zero-order chi connectivity index (χ0) is 13.0. The first-order valence-electron chi connectivity index (χ1n) is 4.07. The van der Waals surface area contributed by atoms with Gasteiger partial charge < -0.3 is 4.74 Å². The van der Waals surface area contributed by atoms with Gasteiger partial charge in [0.1, 0.15) is 0 Å². The third-order valence-corrected chi connectivity index (χ3v) is 1.27. The number of alkyl halides is 6. The van der Waals surface area contributed by atoms with Crippen LogP contribution in [0.1, 0.15) is 13.3 Å². The van der Waals surface area contributed by atoms with Gasteiger partial charge in [0.15, 0.2) is 0 Å². The van der Waals surface area contributed by atoms with E-state index in [9.17, 15) is 31.1 Å². The van der Waals surface area contributed by atoms with Crippen LogP contribution in [0.25, 0.3) is 0 Å². The van der Waals surface area contributed by atoms with Gasteiger partial charge in [0, 0.05) is 6.08 Å². The van der Waals surface area contributed by atoms with E-state index in [0.717, 1.165) is 0 Å². The van der Waals surface area contributed by atoms with E-state index in [1.807, 2.05) is 0 Å². The second kappa shape index (κ2) is 5.22. The summed E-state index contributed by atoms with van der Waals surface area (Å²) >= 11 is 0. The average molecular weight is 250 g/mol. The molecule has 0 aliphatic heterocycles. The first-order chi connectivity index (χ1) is 7.05. The molecule has 0 aliphatic rings. The third kappa shape index (κ3) is 7.13. The molecule has 0 fully saturated rings. The Morgan fingerprint density at radius 2 is 1.69 bits per heavy atom. The maximum absolute atomic E-state index is 11.9. The molecule has 0 amide bonds. The molecule has 0 aromatic carbocycles. The monoisotopic (exact) mass is 250 g/mol. The van der Waals surface area contributed by atoms with E-state index < -0.39 is 36.4 Å². The largest absolute Gasteiger partial charge is 0.463 e. The molecule has 0 saturated heterocycles. The number of esters is 1. The van der Waals surface area contributed by atoms with E-state index in [2.05, 4.69) is 4.74 Å². The highest BCUT2D eigenvalue weighted by atomic mass is 19.4. The minimum atomic E-state index is -4.99. The van der Waals surface area contributed by atoms with Crippen LogP contribution in [-0.2, 0) is 9.53 Å². The summed E-state index contributed by atoms with van der Waals surface area (Å²) in [5, 5.41) is 0. The van der Waals surface area contributed by atoms with Crippen molar-refractivity contribution in [3.05, 3.63) is 11.6 Å². The molecule has 0 aliphatic carbocycles. The number of allylic oxidation sites excluding steroid dienone is 1. The zero-order valence-corrected chi connectivity index (χ0v) is 8.08. The topological polar surface area (TPSA) is 26.3 Å². The predicted molar refractivity (Wildman–Crippen MR) is 41.4 cm³/mol. The molecule has 0 bridgehead atoms. The molecule has 0 N–H and O–H groups in total. The fourth-order valence-corrected chi connectivity index (χ4v) is 0.819. The van der Waals surface area contributed by atoms with Gasteiger partial charge >= 0.3 is 18.3 Å². The Hall–Kier alpha value is -1.21. The molecule has 0 aromatic rings. The Bertz CT molecular complexity index is 275. The first kappa shape index (κ1) is 14.8. The summed E-state index contributed by atoms with van der Waals surface area (Å²) in [7, 11) is 0. The van der Waals surface area contributed by atoms with Crippen molar-refractivity contribution in [1.29, 1.82) is 0 Å². The number of carbonyl (C=O) groups excluding carboxylic acids is 1. The summed E-state index contributed by atoms with van der Waals surface area (Å²) in [4.78, 5) is 10.8. The highest BCUT2D eigenvalue weighted by molar-refractivity contribution is 5.88. The van der Waals surface area contributed by atoms with Gasteiger partial charge in [-0.2, -0.15) is 26.3 Å². The smallest absolute Gasteiger partial charge is 0.410 e. The maximum atomic E-state index is 11.9. The van der Waals surface area contributed by atoms with Crippen LogP contribution in [0.5, 0.6) is 0 Å². The van der Waals surface area contributed by atoms with E-state index in [4.69, 9.17) is 0 Å². The lowest BCUT2D eigenvalue weighted by Crippen LogP contribution is -2.19. The number of carbonyl (C=O) groups is 1. The Morgan fingerprint density at radius 3 is 2.00 bits per heavy atom. The number of hydrogen-bond acceptors (Lipinski definition) is 2. The molecule has 2 nitrogen and oxygen atoms in total. The molecule has 0 radical (unpaired) electrons.